The first-order valence-corrected chi connectivity index (χ1v) is 11.0. The number of ether oxygens (including phenoxy) is 2. The highest BCUT2D eigenvalue weighted by molar-refractivity contribution is 6.09. The van der Waals surface area contributed by atoms with E-state index in [2.05, 4.69) is 44.2 Å². The van der Waals surface area contributed by atoms with Gasteiger partial charge in [0.25, 0.3) is 0 Å². The van der Waals surface area contributed by atoms with Gasteiger partial charge in [-0.2, -0.15) is 5.10 Å². The lowest BCUT2D eigenvalue weighted by molar-refractivity contribution is -0.275. The molecule has 0 saturated carbocycles. The van der Waals surface area contributed by atoms with Crippen LogP contribution < -0.4 is 20.2 Å². The second-order valence-electron chi connectivity index (χ2n) is 8.73. The van der Waals surface area contributed by atoms with E-state index in [0.29, 0.717) is 35.9 Å². The van der Waals surface area contributed by atoms with Crippen molar-refractivity contribution in [1.29, 1.82) is 0 Å². The van der Waals surface area contributed by atoms with Crippen LogP contribution in [0, 0.1) is 5.41 Å². The zero-order valence-corrected chi connectivity index (χ0v) is 19.8. The monoisotopic (exact) mass is 526 g/mol. The molecule has 2 aromatic carbocycles. The number of allylic oxidation sites excluding steroid dienone is 2. The minimum Gasteiger partial charge on any atom is -0.406 e. The van der Waals surface area contributed by atoms with Gasteiger partial charge >= 0.3 is 12.7 Å². The van der Waals surface area contributed by atoms with E-state index in [-0.39, 0.29) is 16.9 Å². The SMILES string of the molecule is CC1(C)CN=C(NN=C(C=Cc2ccc(OC(F)(F)F)cc2)C=Cc2ccc(OC(F)(F)F)cc2)NC1. The average Bonchev–Trinajstić information content (AvgIpc) is 2.79. The summed E-state index contributed by atoms with van der Waals surface area (Å²) in [4.78, 5) is 4.40. The van der Waals surface area contributed by atoms with Crippen LogP contribution in [0.3, 0.4) is 0 Å². The standard InChI is InChI=1S/C25H24F6N4O2/c1-23(2)15-32-22(33-16-23)35-34-19(9-3-17-5-11-20(12-6-17)36-24(26,27)28)10-4-18-7-13-21(14-8-18)37-25(29,30)31/h3-14H,15-16H2,1-2H3,(H2,32,33,35). The number of halogens is 6. The molecule has 0 unspecified atom stereocenters. The van der Waals surface area contributed by atoms with Crippen LogP contribution in [0.2, 0.25) is 0 Å². The van der Waals surface area contributed by atoms with Crippen LogP contribution in [0.5, 0.6) is 11.5 Å². The molecule has 0 saturated heterocycles. The first-order valence-electron chi connectivity index (χ1n) is 11.0. The van der Waals surface area contributed by atoms with E-state index in [1.54, 1.807) is 24.3 Å². The van der Waals surface area contributed by atoms with Crippen LogP contribution in [0.1, 0.15) is 25.0 Å². The number of guanidine groups is 1. The largest absolute Gasteiger partial charge is 0.573 e. The van der Waals surface area contributed by atoms with Crippen molar-refractivity contribution in [2.24, 2.45) is 15.5 Å². The number of nitrogens with one attached hydrogen (secondary N) is 2. The average molecular weight is 526 g/mol. The van der Waals surface area contributed by atoms with Crippen molar-refractivity contribution in [3.63, 3.8) is 0 Å². The van der Waals surface area contributed by atoms with Crippen molar-refractivity contribution in [1.82, 2.24) is 10.7 Å². The van der Waals surface area contributed by atoms with E-state index in [1.807, 2.05) is 0 Å². The molecule has 12 heteroatoms. The van der Waals surface area contributed by atoms with E-state index < -0.39 is 12.7 Å². The molecule has 2 aromatic rings. The van der Waals surface area contributed by atoms with Gasteiger partial charge in [-0.15, -0.1) is 26.3 Å². The molecule has 2 N–H and O–H groups in total. The maximum absolute atomic E-state index is 12.4. The number of benzene rings is 2. The molecule has 0 spiro atoms. The van der Waals surface area contributed by atoms with Crippen LogP contribution in [0.25, 0.3) is 12.2 Å². The minimum absolute atomic E-state index is 0.00150. The Balaban J connectivity index is 1.76. The van der Waals surface area contributed by atoms with Crippen molar-refractivity contribution in [3.8, 4) is 11.5 Å². The normalized spacial score (nSPS) is 15.7. The van der Waals surface area contributed by atoms with Gasteiger partial charge < -0.3 is 14.8 Å². The Morgan fingerprint density at radius 3 is 1.70 bits per heavy atom. The van der Waals surface area contributed by atoms with E-state index in [9.17, 15) is 26.3 Å². The molecular weight excluding hydrogens is 502 g/mol. The smallest absolute Gasteiger partial charge is 0.406 e. The first-order chi connectivity index (χ1) is 17.3. The molecule has 0 aromatic heterocycles. The lowest BCUT2D eigenvalue weighted by atomic mass is 9.93. The van der Waals surface area contributed by atoms with Gasteiger partial charge in [0.1, 0.15) is 11.5 Å². The Morgan fingerprint density at radius 1 is 0.865 bits per heavy atom. The minimum atomic E-state index is -4.78. The third-order valence-corrected chi connectivity index (χ3v) is 4.81. The number of nitrogens with zero attached hydrogens (tertiary/aromatic N) is 2. The summed E-state index contributed by atoms with van der Waals surface area (Å²) in [6.45, 7) is 5.42. The molecule has 1 aliphatic rings. The van der Waals surface area contributed by atoms with Gasteiger partial charge in [-0.25, -0.2) is 5.43 Å². The van der Waals surface area contributed by atoms with Crippen LogP contribution in [-0.2, 0) is 0 Å². The van der Waals surface area contributed by atoms with Crippen molar-refractivity contribution in [2.45, 2.75) is 26.6 Å². The molecule has 0 radical (unpaired) electrons. The third-order valence-electron chi connectivity index (χ3n) is 4.81. The van der Waals surface area contributed by atoms with Gasteiger partial charge in [0.15, 0.2) is 0 Å². The van der Waals surface area contributed by atoms with Gasteiger partial charge in [-0.1, -0.05) is 50.3 Å². The summed E-state index contributed by atoms with van der Waals surface area (Å²) < 4.78 is 81.9. The highest BCUT2D eigenvalue weighted by Crippen LogP contribution is 2.24. The maximum Gasteiger partial charge on any atom is 0.573 e. The predicted molar refractivity (Wildman–Crippen MR) is 129 cm³/mol. The highest BCUT2D eigenvalue weighted by Gasteiger charge is 2.31. The molecular formula is C25H24F6N4O2. The number of hydrazone groups is 1. The second kappa shape index (κ2) is 11.4. The summed E-state index contributed by atoms with van der Waals surface area (Å²) in [5.41, 5.74) is 4.41. The second-order valence-corrected chi connectivity index (χ2v) is 8.73. The molecule has 0 bridgehead atoms. The molecule has 0 fully saturated rings. The third kappa shape index (κ3) is 10.3. The van der Waals surface area contributed by atoms with Gasteiger partial charge in [0.2, 0.25) is 5.96 Å². The maximum atomic E-state index is 12.4. The Kier molecular flexibility index (Phi) is 8.51. The fourth-order valence-corrected chi connectivity index (χ4v) is 2.97. The number of aliphatic imine (C=N–C) groups is 1. The van der Waals surface area contributed by atoms with Crippen molar-refractivity contribution in [3.05, 3.63) is 71.8 Å². The van der Waals surface area contributed by atoms with Crippen LogP contribution in [-0.4, -0.2) is 37.5 Å². The van der Waals surface area contributed by atoms with Crippen molar-refractivity contribution < 1.29 is 35.8 Å². The van der Waals surface area contributed by atoms with Crippen molar-refractivity contribution >= 4 is 23.8 Å². The Bertz CT molecular complexity index is 1090. The van der Waals surface area contributed by atoms with Gasteiger partial charge in [-0.3, -0.25) is 4.99 Å². The molecule has 3 rings (SSSR count). The fourth-order valence-electron chi connectivity index (χ4n) is 2.97. The summed E-state index contributed by atoms with van der Waals surface area (Å²) in [6.07, 6.45) is -3.09. The Morgan fingerprint density at radius 2 is 1.32 bits per heavy atom. The van der Waals surface area contributed by atoms with E-state index in [4.69, 9.17) is 0 Å². The van der Waals surface area contributed by atoms with Gasteiger partial charge in [-0.05, 0) is 47.5 Å². The summed E-state index contributed by atoms with van der Waals surface area (Å²) in [5.74, 6) is -0.217. The predicted octanol–water partition coefficient (Wildman–Crippen LogP) is 6.14. The number of hydrogen-bond acceptors (Lipinski definition) is 6. The van der Waals surface area contributed by atoms with Crippen LogP contribution in [0.15, 0.2) is 70.8 Å². The van der Waals surface area contributed by atoms with E-state index in [0.717, 1.165) is 0 Å². The molecule has 0 aliphatic carbocycles. The Labute approximate surface area is 209 Å². The van der Waals surface area contributed by atoms with Gasteiger partial charge in [0.05, 0.1) is 5.71 Å². The summed E-state index contributed by atoms with van der Waals surface area (Å²) >= 11 is 0. The summed E-state index contributed by atoms with van der Waals surface area (Å²) in [7, 11) is 0. The first kappa shape index (κ1) is 27.6. The molecule has 0 amide bonds. The zero-order valence-electron chi connectivity index (χ0n) is 19.8. The quantitative estimate of drug-likeness (QED) is 0.258. The van der Waals surface area contributed by atoms with Gasteiger partial charge in [0, 0.05) is 18.5 Å². The summed E-state index contributed by atoms with van der Waals surface area (Å²) in [6, 6.07) is 10.5. The molecule has 0 atom stereocenters. The van der Waals surface area contributed by atoms with E-state index in [1.165, 1.54) is 48.5 Å². The van der Waals surface area contributed by atoms with Crippen LogP contribution >= 0.6 is 0 Å². The molecule has 6 nitrogen and oxygen atoms in total. The highest BCUT2D eigenvalue weighted by atomic mass is 19.4. The Hall–Kier alpha value is -3.96. The lowest BCUT2D eigenvalue weighted by Crippen LogP contribution is -2.46. The number of hydrogen-bond donors (Lipinski definition) is 2. The molecule has 198 valence electrons. The number of alkyl halides is 6. The van der Waals surface area contributed by atoms with E-state index >= 15 is 0 Å². The molecule has 37 heavy (non-hydrogen) atoms. The van der Waals surface area contributed by atoms with Crippen molar-refractivity contribution in [2.75, 3.05) is 13.1 Å². The molecule has 1 heterocycles. The zero-order chi connectivity index (χ0) is 27.1. The summed E-state index contributed by atoms with van der Waals surface area (Å²) in [5, 5.41) is 7.44. The number of rotatable bonds is 7. The fraction of sp³-hybridized carbons (Fsp3) is 0.280. The topological polar surface area (TPSA) is 67.2 Å². The lowest BCUT2D eigenvalue weighted by Gasteiger charge is -2.28. The molecule has 1 aliphatic heterocycles. The van der Waals surface area contributed by atoms with Crippen LogP contribution in [0.4, 0.5) is 26.3 Å².